The highest BCUT2D eigenvalue weighted by Crippen LogP contribution is 2.19. The van der Waals surface area contributed by atoms with E-state index in [0.29, 0.717) is 30.5 Å². The lowest BCUT2D eigenvalue weighted by Gasteiger charge is -2.23. The Kier molecular flexibility index (Phi) is 7.49. The van der Waals surface area contributed by atoms with Gasteiger partial charge in [0.25, 0.3) is 0 Å². The van der Waals surface area contributed by atoms with Crippen LogP contribution in [0.3, 0.4) is 0 Å². The van der Waals surface area contributed by atoms with Gasteiger partial charge in [0.15, 0.2) is 0 Å². The number of amides is 3. The molecule has 3 N–H and O–H groups in total. The lowest BCUT2D eigenvalue weighted by molar-refractivity contribution is -0.128. The third-order valence-corrected chi connectivity index (χ3v) is 5.24. The molecule has 1 atom stereocenters. The number of hydrogen-bond acceptors (Lipinski definition) is 3. The summed E-state index contributed by atoms with van der Waals surface area (Å²) >= 11 is 5.86. The van der Waals surface area contributed by atoms with Crippen LogP contribution in [-0.4, -0.2) is 25.2 Å². The fraction of sp³-hybridized carbons (Fsp3) is 0.364. The number of anilines is 1. The fourth-order valence-electron chi connectivity index (χ4n) is 3.19. The zero-order valence-electron chi connectivity index (χ0n) is 16.4. The maximum absolute atomic E-state index is 12.4. The highest BCUT2D eigenvalue weighted by molar-refractivity contribution is 6.30. The van der Waals surface area contributed by atoms with Crippen molar-refractivity contribution in [2.24, 2.45) is 5.92 Å². The van der Waals surface area contributed by atoms with Gasteiger partial charge in [-0.1, -0.05) is 35.9 Å². The largest absolute Gasteiger partial charge is 0.381 e. The van der Waals surface area contributed by atoms with E-state index < -0.39 is 0 Å². The molecule has 29 heavy (non-hydrogen) atoms. The molecule has 2 aromatic carbocycles. The van der Waals surface area contributed by atoms with Gasteiger partial charge in [-0.05, 0) is 55.2 Å². The van der Waals surface area contributed by atoms with E-state index >= 15 is 0 Å². The first kappa shape index (κ1) is 21.1. The first-order valence-electron chi connectivity index (χ1n) is 9.78. The molecule has 0 aromatic heterocycles. The van der Waals surface area contributed by atoms with Crippen molar-refractivity contribution < 1.29 is 14.3 Å². The highest BCUT2D eigenvalue weighted by atomic mass is 35.5. The molecule has 1 saturated heterocycles. The van der Waals surface area contributed by atoms with Crippen molar-refractivity contribution in [2.75, 3.05) is 18.5 Å². The van der Waals surface area contributed by atoms with Crippen LogP contribution in [0.2, 0.25) is 5.02 Å². The van der Waals surface area contributed by atoms with Crippen molar-refractivity contribution in [3.63, 3.8) is 0 Å². The zero-order valence-corrected chi connectivity index (χ0v) is 17.2. The fourth-order valence-corrected chi connectivity index (χ4v) is 3.32. The molecular formula is C22H26ClN3O3. The summed E-state index contributed by atoms with van der Waals surface area (Å²) in [7, 11) is 0. The van der Waals surface area contributed by atoms with Gasteiger partial charge < -0.3 is 20.7 Å². The Labute approximate surface area is 176 Å². The van der Waals surface area contributed by atoms with Crippen LogP contribution in [0.4, 0.5) is 10.5 Å². The Morgan fingerprint density at radius 1 is 1.07 bits per heavy atom. The SMILES string of the molecule is C[C@H](NC(=O)C1CCOCC1)c1ccc(NC(=O)NCc2ccc(Cl)cc2)cc1. The van der Waals surface area contributed by atoms with Crippen LogP contribution in [0.5, 0.6) is 0 Å². The minimum absolute atomic E-state index is 0.0245. The van der Waals surface area contributed by atoms with E-state index in [0.717, 1.165) is 24.0 Å². The number of benzene rings is 2. The molecule has 2 aromatic rings. The van der Waals surface area contributed by atoms with Crippen LogP contribution < -0.4 is 16.0 Å². The molecule has 0 spiro atoms. The second kappa shape index (κ2) is 10.3. The third-order valence-electron chi connectivity index (χ3n) is 4.99. The molecule has 1 heterocycles. The van der Waals surface area contributed by atoms with Gasteiger partial charge in [-0.3, -0.25) is 4.79 Å². The van der Waals surface area contributed by atoms with E-state index in [1.807, 2.05) is 43.3 Å². The lowest BCUT2D eigenvalue weighted by atomic mass is 9.98. The molecule has 1 aliphatic rings. The minimum atomic E-state index is -0.284. The Morgan fingerprint density at radius 3 is 2.38 bits per heavy atom. The molecule has 1 aliphatic heterocycles. The van der Waals surface area contributed by atoms with Crippen molar-refractivity contribution in [1.82, 2.24) is 10.6 Å². The molecule has 0 unspecified atom stereocenters. The van der Waals surface area contributed by atoms with E-state index in [2.05, 4.69) is 16.0 Å². The number of nitrogens with one attached hydrogen (secondary N) is 3. The third kappa shape index (κ3) is 6.48. The zero-order chi connectivity index (χ0) is 20.6. The average Bonchev–Trinajstić information content (AvgIpc) is 2.74. The normalized spacial score (nSPS) is 15.4. The Morgan fingerprint density at radius 2 is 1.72 bits per heavy atom. The molecule has 0 aliphatic carbocycles. The van der Waals surface area contributed by atoms with Gasteiger partial charge in [-0.25, -0.2) is 4.79 Å². The quantitative estimate of drug-likeness (QED) is 0.659. The van der Waals surface area contributed by atoms with Gasteiger partial charge in [0.1, 0.15) is 0 Å². The second-order valence-corrected chi connectivity index (χ2v) is 7.61. The van der Waals surface area contributed by atoms with Gasteiger partial charge in [0.05, 0.1) is 6.04 Å². The molecule has 0 bridgehead atoms. The van der Waals surface area contributed by atoms with Crippen LogP contribution in [0.1, 0.15) is 36.9 Å². The number of urea groups is 1. The minimum Gasteiger partial charge on any atom is -0.381 e. The second-order valence-electron chi connectivity index (χ2n) is 7.17. The van der Waals surface area contributed by atoms with E-state index in [-0.39, 0.29) is 23.9 Å². The number of rotatable bonds is 6. The number of hydrogen-bond donors (Lipinski definition) is 3. The summed E-state index contributed by atoms with van der Waals surface area (Å²) in [5, 5.41) is 9.34. The first-order valence-corrected chi connectivity index (χ1v) is 10.2. The Bertz CT molecular complexity index is 818. The summed E-state index contributed by atoms with van der Waals surface area (Å²) in [4.78, 5) is 24.4. The predicted octanol–water partition coefficient (Wildman–Crippen LogP) is 4.27. The number of carbonyl (C=O) groups is 2. The molecular weight excluding hydrogens is 390 g/mol. The first-order chi connectivity index (χ1) is 14.0. The summed E-state index contributed by atoms with van der Waals surface area (Å²) in [6.07, 6.45) is 1.54. The van der Waals surface area contributed by atoms with E-state index in [4.69, 9.17) is 16.3 Å². The van der Waals surface area contributed by atoms with Gasteiger partial charge >= 0.3 is 6.03 Å². The number of carbonyl (C=O) groups excluding carboxylic acids is 2. The predicted molar refractivity (Wildman–Crippen MR) is 114 cm³/mol. The molecule has 0 radical (unpaired) electrons. The molecule has 7 heteroatoms. The maximum atomic E-state index is 12.4. The van der Waals surface area contributed by atoms with Crippen LogP contribution >= 0.6 is 11.6 Å². The van der Waals surface area contributed by atoms with Gasteiger partial charge in [0, 0.05) is 36.4 Å². The smallest absolute Gasteiger partial charge is 0.319 e. The molecule has 3 rings (SSSR count). The average molecular weight is 416 g/mol. The van der Waals surface area contributed by atoms with Crippen LogP contribution in [0.15, 0.2) is 48.5 Å². The van der Waals surface area contributed by atoms with Crippen LogP contribution in [0, 0.1) is 5.92 Å². The summed E-state index contributed by atoms with van der Waals surface area (Å²) in [6, 6.07) is 14.4. The van der Waals surface area contributed by atoms with Crippen LogP contribution in [0.25, 0.3) is 0 Å². The molecule has 6 nitrogen and oxygen atoms in total. The van der Waals surface area contributed by atoms with E-state index in [1.54, 1.807) is 12.1 Å². The monoisotopic (exact) mass is 415 g/mol. The van der Waals surface area contributed by atoms with Gasteiger partial charge in [-0.15, -0.1) is 0 Å². The van der Waals surface area contributed by atoms with Crippen molar-refractivity contribution >= 4 is 29.2 Å². The number of ether oxygens (including phenoxy) is 1. The molecule has 3 amide bonds. The van der Waals surface area contributed by atoms with E-state index in [9.17, 15) is 9.59 Å². The molecule has 1 fully saturated rings. The van der Waals surface area contributed by atoms with Gasteiger partial charge in [0.2, 0.25) is 5.91 Å². The topological polar surface area (TPSA) is 79.5 Å². The molecule has 154 valence electrons. The standard InChI is InChI=1S/C22H26ClN3O3/c1-15(25-21(27)18-10-12-29-13-11-18)17-4-8-20(9-5-17)26-22(28)24-14-16-2-6-19(23)7-3-16/h2-9,15,18H,10-14H2,1H3,(H,25,27)(H2,24,26,28)/t15-/m0/s1. The summed E-state index contributed by atoms with van der Waals surface area (Å²) < 4.78 is 5.31. The van der Waals surface area contributed by atoms with Crippen molar-refractivity contribution in [1.29, 1.82) is 0 Å². The summed E-state index contributed by atoms with van der Waals surface area (Å²) in [5.41, 5.74) is 2.64. The highest BCUT2D eigenvalue weighted by Gasteiger charge is 2.22. The van der Waals surface area contributed by atoms with Crippen molar-refractivity contribution in [3.8, 4) is 0 Å². The maximum Gasteiger partial charge on any atom is 0.319 e. The van der Waals surface area contributed by atoms with Crippen molar-refractivity contribution in [3.05, 3.63) is 64.7 Å². The summed E-state index contributed by atoms with van der Waals surface area (Å²) in [6.45, 7) is 3.66. The van der Waals surface area contributed by atoms with Crippen LogP contribution in [-0.2, 0) is 16.1 Å². The number of halogens is 1. The van der Waals surface area contributed by atoms with Gasteiger partial charge in [-0.2, -0.15) is 0 Å². The van der Waals surface area contributed by atoms with Crippen molar-refractivity contribution in [2.45, 2.75) is 32.4 Å². The summed E-state index contributed by atoms with van der Waals surface area (Å²) in [5.74, 6) is 0.0982. The Hall–Kier alpha value is -2.57. The lowest BCUT2D eigenvalue weighted by Crippen LogP contribution is -2.35. The molecule has 0 saturated carbocycles. The Balaban J connectivity index is 1.46. The van der Waals surface area contributed by atoms with E-state index in [1.165, 1.54) is 0 Å².